The fraction of sp³-hybridized carbons (Fsp3) is 0. The Hall–Kier alpha value is -4.05. The summed E-state index contributed by atoms with van der Waals surface area (Å²) >= 11 is 1.40. The van der Waals surface area contributed by atoms with Crippen molar-refractivity contribution in [3.8, 4) is 16.3 Å². The minimum absolute atomic E-state index is 0.0324. The zero-order valence-corrected chi connectivity index (χ0v) is 15.6. The highest BCUT2D eigenvalue weighted by molar-refractivity contribution is 7.18. The number of aromatic hydroxyl groups is 1. The molecule has 0 unspecified atom stereocenters. The molecule has 0 amide bonds. The SMILES string of the molecule is O=[N+]([O-])c1ccc(Nc2ncc(-c3ccnc(Nc4ccc(O)cc4)n3)s2)cc1. The standard InChI is InChI=1S/C19H14N6O3S/c26-15-7-3-12(4-8-15)22-18-20-10-9-16(24-18)17-11-21-19(29-17)23-13-1-5-14(6-2-13)25(27)28/h1-11,26H,(H,21,23)(H,20,22,24). The van der Waals surface area contributed by atoms with Gasteiger partial charge in [0.2, 0.25) is 5.95 Å². The number of benzene rings is 2. The second-order valence-corrected chi connectivity index (χ2v) is 6.93. The highest BCUT2D eigenvalue weighted by Gasteiger charge is 2.09. The topological polar surface area (TPSA) is 126 Å². The molecule has 0 aliphatic carbocycles. The molecule has 2 aromatic carbocycles. The maximum Gasteiger partial charge on any atom is 0.269 e. The van der Waals surface area contributed by atoms with Gasteiger partial charge in [-0.3, -0.25) is 10.1 Å². The lowest BCUT2D eigenvalue weighted by Crippen LogP contribution is -1.97. The van der Waals surface area contributed by atoms with Crippen LogP contribution < -0.4 is 10.6 Å². The first-order valence-corrected chi connectivity index (χ1v) is 9.25. The Balaban J connectivity index is 1.48. The average Bonchev–Trinajstić information content (AvgIpc) is 3.19. The summed E-state index contributed by atoms with van der Waals surface area (Å²) < 4.78 is 0. The van der Waals surface area contributed by atoms with Gasteiger partial charge in [-0.25, -0.2) is 15.0 Å². The van der Waals surface area contributed by atoms with Gasteiger partial charge in [0.05, 0.1) is 15.5 Å². The Morgan fingerprint density at radius 1 is 0.931 bits per heavy atom. The van der Waals surface area contributed by atoms with Crippen LogP contribution in [-0.2, 0) is 0 Å². The van der Waals surface area contributed by atoms with Gasteiger partial charge in [-0.05, 0) is 42.5 Å². The van der Waals surface area contributed by atoms with Crippen LogP contribution in [0.25, 0.3) is 10.6 Å². The number of non-ortho nitro benzene ring substituents is 1. The van der Waals surface area contributed by atoms with E-state index in [1.54, 1.807) is 54.9 Å². The molecule has 0 aliphatic rings. The molecule has 0 atom stereocenters. The van der Waals surface area contributed by atoms with E-state index in [4.69, 9.17) is 0 Å². The largest absolute Gasteiger partial charge is 0.508 e. The third kappa shape index (κ3) is 4.45. The van der Waals surface area contributed by atoms with E-state index in [0.717, 1.165) is 10.6 Å². The first-order chi connectivity index (χ1) is 14.1. The van der Waals surface area contributed by atoms with Crippen LogP contribution >= 0.6 is 11.3 Å². The van der Waals surface area contributed by atoms with E-state index in [1.807, 2.05) is 0 Å². The molecule has 2 heterocycles. The number of hydrogen-bond donors (Lipinski definition) is 3. The van der Waals surface area contributed by atoms with Gasteiger partial charge >= 0.3 is 0 Å². The van der Waals surface area contributed by atoms with E-state index in [1.165, 1.54) is 23.5 Å². The van der Waals surface area contributed by atoms with Gasteiger partial charge in [0.15, 0.2) is 5.13 Å². The van der Waals surface area contributed by atoms with Crippen LogP contribution in [0.3, 0.4) is 0 Å². The average molecular weight is 406 g/mol. The summed E-state index contributed by atoms with van der Waals surface area (Å²) in [6.45, 7) is 0. The number of rotatable bonds is 6. The fourth-order valence-corrected chi connectivity index (χ4v) is 3.28. The summed E-state index contributed by atoms with van der Waals surface area (Å²) in [5, 5.41) is 26.9. The zero-order valence-electron chi connectivity index (χ0n) is 14.8. The number of nitro benzene ring substituents is 1. The number of thiazole rings is 1. The van der Waals surface area contributed by atoms with Crippen LogP contribution in [0.4, 0.5) is 28.1 Å². The number of nitrogens with zero attached hydrogens (tertiary/aromatic N) is 4. The number of phenolic OH excluding ortho intramolecular Hbond substituents is 1. The third-order valence-electron chi connectivity index (χ3n) is 3.87. The molecule has 29 heavy (non-hydrogen) atoms. The number of aromatic nitrogens is 3. The molecular weight excluding hydrogens is 392 g/mol. The minimum atomic E-state index is -0.440. The van der Waals surface area contributed by atoms with Gasteiger partial charge in [-0.15, -0.1) is 0 Å². The van der Waals surface area contributed by atoms with Crippen molar-refractivity contribution in [2.45, 2.75) is 0 Å². The first kappa shape index (κ1) is 18.3. The maximum atomic E-state index is 10.7. The summed E-state index contributed by atoms with van der Waals surface area (Å²) in [6, 6.07) is 14.5. The molecule has 0 spiro atoms. The lowest BCUT2D eigenvalue weighted by molar-refractivity contribution is -0.384. The number of nitrogens with one attached hydrogen (secondary N) is 2. The predicted octanol–water partition coefficient (Wildman–Crippen LogP) is 4.70. The van der Waals surface area contributed by atoms with Gasteiger partial charge in [0, 0.05) is 35.9 Å². The summed E-state index contributed by atoms with van der Waals surface area (Å²) in [4.78, 5) is 24.2. The van der Waals surface area contributed by atoms with Crippen molar-refractivity contribution in [2.24, 2.45) is 0 Å². The van der Waals surface area contributed by atoms with Crippen LogP contribution in [0.2, 0.25) is 0 Å². The second kappa shape index (κ2) is 7.90. The van der Waals surface area contributed by atoms with Gasteiger partial charge in [0.1, 0.15) is 5.75 Å². The van der Waals surface area contributed by atoms with Gasteiger partial charge < -0.3 is 15.7 Å². The van der Waals surface area contributed by atoms with Crippen LogP contribution in [0.5, 0.6) is 5.75 Å². The molecule has 3 N–H and O–H groups in total. The minimum Gasteiger partial charge on any atom is -0.508 e. The Kier molecular flexibility index (Phi) is 4.99. The smallest absolute Gasteiger partial charge is 0.269 e. The van der Waals surface area contributed by atoms with E-state index in [9.17, 15) is 15.2 Å². The summed E-state index contributed by atoms with van der Waals surface area (Å²) in [6.07, 6.45) is 3.35. The second-order valence-electron chi connectivity index (χ2n) is 5.90. The Labute approximate surface area is 168 Å². The monoisotopic (exact) mass is 406 g/mol. The third-order valence-corrected chi connectivity index (χ3v) is 4.80. The highest BCUT2D eigenvalue weighted by Crippen LogP contribution is 2.30. The Morgan fingerprint density at radius 3 is 2.34 bits per heavy atom. The normalized spacial score (nSPS) is 10.5. The first-order valence-electron chi connectivity index (χ1n) is 8.43. The number of phenols is 1. The van der Waals surface area contributed by atoms with Crippen LogP contribution in [0.1, 0.15) is 0 Å². The molecule has 2 aromatic heterocycles. The highest BCUT2D eigenvalue weighted by atomic mass is 32.1. The zero-order chi connectivity index (χ0) is 20.2. The molecule has 10 heteroatoms. The molecule has 0 saturated heterocycles. The van der Waals surface area contributed by atoms with Crippen LogP contribution in [0.15, 0.2) is 67.0 Å². The fourth-order valence-electron chi connectivity index (χ4n) is 2.47. The molecule has 0 fully saturated rings. The van der Waals surface area contributed by atoms with Gasteiger partial charge in [-0.1, -0.05) is 11.3 Å². The molecule has 0 radical (unpaired) electrons. The van der Waals surface area contributed by atoms with Gasteiger partial charge in [0.25, 0.3) is 5.69 Å². The predicted molar refractivity (Wildman–Crippen MR) is 111 cm³/mol. The van der Waals surface area contributed by atoms with E-state index >= 15 is 0 Å². The van der Waals surface area contributed by atoms with E-state index in [-0.39, 0.29) is 11.4 Å². The van der Waals surface area contributed by atoms with E-state index < -0.39 is 4.92 Å². The van der Waals surface area contributed by atoms with Crippen LogP contribution in [0, 0.1) is 10.1 Å². The van der Waals surface area contributed by atoms with Crippen molar-refractivity contribution >= 4 is 39.5 Å². The summed E-state index contributed by atoms with van der Waals surface area (Å²) in [5.74, 6) is 0.606. The molecule has 0 aliphatic heterocycles. The molecule has 144 valence electrons. The molecule has 4 rings (SSSR count). The van der Waals surface area contributed by atoms with E-state index in [0.29, 0.717) is 22.5 Å². The molecule has 9 nitrogen and oxygen atoms in total. The number of nitro groups is 1. The molecule has 0 bridgehead atoms. The quantitative estimate of drug-likeness (QED) is 0.239. The molecular formula is C19H14N6O3S. The van der Waals surface area contributed by atoms with Crippen molar-refractivity contribution in [1.29, 1.82) is 0 Å². The maximum absolute atomic E-state index is 10.7. The summed E-state index contributed by atoms with van der Waals surface area (Å²) in [5.41, 5.74) is 2.19. The van der Waals surface area contributed by atoms with Crippen LogP contribution in [-0.4, -0.2) is 25.0 Å². The molecule has 4 aromatic rings. The number of hydrogen-bond acceptors (Lipinski definition) is 9. The van der Waals surface area contributed by atoms with Gasteiger partial charge in [-0.2, -0.15) is 0 Å². The lowest BCUT2D eigenvalue weighted by Gasteiger charge is -2.05. The lowest BCUT2D eigenvalue weighted by atomic mass is 10.3. The van der Waals surface area contributed by atoms with Crippen molar-refractivity contribution in [3.05, 3.63) is 77.1 Å². The Bertz CT molecular complexity index is 1150. The van der Waals surface area contributed by atoms with Crippen molar-refractivity contribution in [2.75, 3.05) is 10.6 Å². The Morgan fingerprint density at radius 2 is 1.62 bits per heavy atom. The van der Waals surface area contributed by atoms with Crippen molar-refractivity contribution < 1.29 is 10.0 Å². The summed E-state index contributed by atoms with van der Waals surface area (Å²) in [7, 11) is 0. The number of anilines is 4. The molecule has 0 saturated carbocycles. The van der Waals surface area contributed by atoms with Crippen molar-refractivity contribution in [1.82, 2.24) is 15.0 Å². The van der Waals surface area contributed by atoms with E-state index in [2.05, 4.69) is 25.6 Å². The van der Waals surface area contributed by atoms with Crippen molar-refractivity contribution in [3.63, 3.8) is 0 Å².